The molecule has 2 rings (SSSR count). The van der Waals surface area contributed by atoms with Gasteiger partial charge >= 0.3 is 0 Å². The van der Waals surface area contributed by atoms with Crippen LogP contribution in [0, 0.1) is 17.1 Å². The van der Waals surface area contributed by atoms with Crippen LogP contribution >= 0.6 is 11.6 Å². The Bertz CT molecular complexity index is 829. The minimum Gasteiger partial charge on any atom is -0.494 e. The first-order chi connectivity index (χ1) is 12.0. The number of carbonyl (C=O) groups is 1. The minimum atomic E-state index is -0.577. The van der Waals surface area contributed by atoms with E-state index < -0.39 is 11.7 Å². The third-order valence-electron chi connectivity index (χ3n) is 3.09. The molecule has 0 aliphatic carbocycles. The summed E-state index contributed by atoms with van der Waals surface area (Å²) in [4.78, 5) is 12.1. The summed E-state index contributed by atoms with van der Waals surface area (Å²) in [6, 6.07) is 12.6. The van der Waals surface area contributed by atoms with E-state index in [-0.39, 0.29) is 10.6 Å². The fraction of sp³-hybridized carbons (Fsp3) is 0.111. The second-order valence-electron chi connectivity index (χ2n) is 4.85. The molecule has 7 heteroatoms. The summed E-state index contributed by atoms with van der Waals surface area (Å²) < 4.78 is 18.4. The van der Waals surface area contributed by atoms with Crippen molar-refractivity contribution in [1.82, 2.24) is 0 Å². The van der Waals surface area contributed by atoms with E-state index in [1.807, 2.05) is 6.92 Å². The monoisotopic (exact) mass is 359 g/mol. The average molecular weight is 360 g/mol. The van der Waals surface area contributed by atoms with Gasteiger partial charge in [-0.1, -0.05) is 11.6 Å². The molecule has 2 aromatic rings. The number of ether oxygens (including phenoxy) is 1. The molecule has 0 spiro atoms. The number of nitrogens with zero attached hydrogens (tertiary/aromatic N) is 1. The van der Waals surface area contributed by atoms with Gasteiger partial charge in [-0.25, -0.2) is 4.39 Å². The molecule has 5 nitrogen and oxygen atoms in total. The number of hydrogen-bond donors (Lipinski definition) is 2. The zero-order chi connectivity index (χ0) is 18.2. The van der Waals surface area contributed by atoms with Gasteiger partial charge in [-0.3, -0.25) is 4.79 Å². The van der Waals surface area contributed by atoms with Crippen LogP contribution in [0.4, 0.5) is 15.8 Å². The largest absolute Gasteiger partial charge is 0.494 e. The van der Waals surface area contributed by atoms with Crippen LogP contribution in [-0.4, -0.2) is 12.5 Å². The molecule has 0 aliphatic rings. The minimum absolute atomic E-state index is 0.0595. The molecule has 1 amide bonds. The first-order valence-electron chi connectivity index (χ1n) is 7.39. The predicted octanol–water partition coefficient (Wildman–Crippen LogP) is 4.34. The van der Waals surface area contributed by atoms with Crippen LogP contribution in [0.5, 0.6) is 5.75 Å². The lowest BCUT2D eigenvalue weighted by Crippen LogP contribution is -2.14. The average Bonchev–Trinajstić information content (AvgIpc) is 2.60. The standard InChI is InChI=1S/C18H15ClFN3O2/c1-2-25-15-6-3-13(4-7-15)23-18(24)12(10-21)11-22-14-5-8-17(20)16(19)9-14/h3-9,11,22H,2H2,1H3,(H,23,24)/b12-11-. The maximum Gasteiger partial charge on any atom is 0.267 e. The lowest BCUT2D eigenvalue weighted by Gasteiger charge is -2.07. The quantitative estimate of drug-likeness (QED) is 0.594. The second kappa shape index (κ2) is 8.71. The number of nitriles is 1. The van der Waals surface area contributed by atoms with E-state index in [0.717, 1.165) is 0 Å². The summed E-state index contributed by atoms with van der Waals surface area (Å²) in [5.74, 6) is -0.441. The van der Waals surface area contributed by atoms with Crippen molar-refractivity contribution in [2.45, 2.75) is 6.92 Å². The normalized spacial score (nSPS) is 10.7. The maximum atomic E-state index is 13.1. The highest BCUT2D eigenvalue weighted by atomic mass is 35.5. The summed E-state index contributed by atoms with van der Waals surface area (Å²) in [5, 5.41) is 14.4. The summed E-state index contributed by atoms with van der Waals surface area (Å²) in [7, 11) is 0. The molecule has 2 N–H and O–H groups in total. The maximum absolute atomic E-state index is 13.1. The Kier molecular flexibility index (Phi) is 6.38. The molecular weight excluding hydrogens is 345 g/mol. The van der Waals surface area contributed by atoms with Crippen LogP contribution in [0.3, 0.4) is 0 Å². The number of anilines is 2. The number of hydrogen-bond acceptors (Lipinski definition) is 4. The van der Waals surface area contributed by atoms with Crippen molar-refractivity contribution in [2.75, 3.05) is 17.2 Å². The second-order valence-corrected chi connectivity index (χ2v) is 5.26. The first-order valence-corrected chi connectivity index (χ1v) is 7.77. The van der Waals surface area contributed by atoms with E-state index in [1.54, 1.807) is 30.3 Å². The molecule has 0 aliphatic heterocycles. The van der Waals surface area contributed by atoms with Crippen molar-refractivity contribution in [3.63, 3.8) is 0 Å². The Morgan fingerprint density at radius 2 is 1.96 bits per heavy atom. The van der Waals surface area contributed by atoms with Crippen LogP contribution in [0.1, 0.15) is 6.92 Å². The van der Waals surface area contributed by atoms with E-state index in [2.05, 4.69) is 10.6 Å². The summed E-state index contributed by atoms with van der Waals surface area (Å²) in [6.07, 6.45) is 1.23. The third kappa shape index (κ3) is 5.23. The van der Waals surface area contributed by atoms with E-state index in [1.165, 1.54) is 24.4 Å². The molecule has 0 atom stereocenters. The molecular formula is C18H15ClFN3O2. The van der Waals surface area contributed by atoms with E-state index in [4.69, 9.17) is 21.6 Å². The molecule has 0 aromatic heterocycles. The van der Waals surface area contributed by atoms with Crippen LogP contribution in [0.25, 0.3) is 0 Å². The molecule has 0 bridgehead atoms. The highest BCUT2D eigenvalue weighted by Crippen LogP contribution is 2.20. The first kappa shape index (κ1) is 18.3. The van der Waals surface area contributed by atoms with Gasteiger partial charge in [0.05, 0.1) is 11.6 Å². The molecule has 0 saturated carbocycles. The van der Waals surface area contributed by atoms with Crippen LogP contribution < -0.4 is 15.4 Å². The lowest BCUT2D eigenvalue weighted by molar-refractivity contribution is -0.112. The molecule has 0 fully saturated rings. The van der Waals surface area contributed by atoms with Crippen molar-refractivity contribution in [2.24, 2.45) is 0 Å². The summed E-state index contributed by atoms with van der Waals surface area (Å²) in [6.45, 7) is 2.42. The van der Waals surface area contributed by atoms with Gasteiger partial charge in [0.1, 0.15) is 23.2 Å². The van der Waals surface area contributed by atoms with E-state index in [9.17, 15) is 9.18 Å². The number of halogens is 2. The topological polar surface area (TPSA) is 74.1 Å². The van der Waals surface area contributed by atoms with Gasteiger partial charge in [-0.05, 0) is 49.4 Å². The zero-order valence-electron chi connectivity index (χ0n) is 13.3. The molecule has 2 aromatic carbocycles. The van der Waals surface area contributed by atoms with Crippen molar-refractivity contribution < 1.29 is 13.9 Å². The van der Waals surface area contributed by atoms with Gasteiger partial charge in [-0.2, -0.15) is 5.26 Å². The Morgan fingerprint density at radius 3 is 2.56 bits per heavy atom. The van der Waals surface area contributed by atoms with Crippen molar-refractivity contribution in [3.05, 3.63) is 65.1 Å². The van der Waals surface area contributed by atoms with Gasteiger partial charge in [0, 0.05) is 17.6 Å². The SMILES string of the molecule is CCOc1ccc(NC(=O)/C(C#N)=C\Nc2ccc(F)c(Cl)c2)cc1. The lowest BCUT2D eigenvalue weighted by atomic mass is 10.2. The van der Waals surface area contributed by atoms with E-state index >= 15 is 0 Å². The highest BCUT2D eigenvalue weighted by molar-refractivity contribution is 6.31. The number of nitrogens with one attached hydrogen (secondary N) is 2. The van der Waals surface area contributed by atoms with Crippen LogP contribution in [0.2, 0.25) is 5.02 Å². The molecule has 0 unspecified atom stereocenters. The number of amides is 1. The van der Waals surface area contributed by atoms with Crippen molar-refractivity contribution in [3.8, 4) is 11.8 Å². The van der Waals surface area contributed by atoms with Crippen LogP contribution in [0.15, 0.2) is 54.2 Å². The summed E-state index contributed by atoms with van der Waals surface area (Å²) >= 11 is 5.68. The summed E-state index contributed by atoms with van der Waals surface area (Å²) in [5.41, 5.74) is 0.835. The number of benzene rings is 2. The number of carbonyl (C=O) groups excluding carboxylic acids is 1. The van der Waals surface area contributed by atoms with E-state index in [0.29, 0.717) is 23.7 Å². The van der Waals surface area contributed by atoms with Gasteiger partial charge < -0.3 is 15.4 Å². The number of rotatable bonds is 6. The predicted molar refractivity (Wildman–Crippen MR) is 95.0 cm³/mol. The van der Waals surface area contributed by atoms with Crippen molar-refractivity contribution in [1.29, 1.82) is 5.26 Å². The van der Waals surface area contributed by atoms with Crippen LogP contribution in [-0.2, 0) is 4.79 Å². The Hall–Kier alpha value is -3.04. The zero-order valence-corrected chi connectivity index (χ0v) is 14.1. The molecule has 128 valence electrons. The van der Waals surface area contributed by atoms with Gasteiger partial charge in [0.15, 0.2) is 0 Å². The Morgan fingerprint density at radius 1 is 1.28 bits per heavy atom. The van der Waals surface area contributed by atoms with Crippen molar-refractivity contribution >= 4 is 28.9 Å². The molecule has 0 heterocycles. The van der Waals surface area contributed by atoms with Gasteiger partial charge in [0.25, 0.3) is 5.91 Å². The molecule has 0 radical (unpaired) electrons. The fourth-order valence-corrected chi connectivity index (χ4v) is 2.07. The fourth-order valence-electron chi connectivity index (χ4n) is 1.89. The van der Waals surface area contributed by atoms with Gasteiger partial charge in [0.2, 0.25) is 0 Å². The molecule has 0 saturated heterocycles. The highest BCUT2D eigenvalue weighted by Gasteiger charge is 2.09. The molecule has 25 heavy (non-hydrogen) atoms. The van der Waals surface area contributed by atoms with Gasteiger partial charge in [-0.15, -0.1) is 0 Å². The Balaban J connectivity index is 2.04. The third-order valence-corrected chi connectivity index (χ3v) is 3.38. The Labute approximate surface area is 149 Å². The smallest absolute Gasteiger partial charge is 0.267 e.